The zero-order chi connectivity index (χ0) is 13.1. The van der Waals surface area contributed by atoms with Crippen LogP contribution < -0.4 is 5.32 Å². The van der Waals surface area contributed by atoms with Crippen molar-refractivity contribution in [3.05, 3.63) is 62.8 Å². The second-order valence-corrected chi connectivity index (χ2v) is 5.36. The summed E-state index contributed by atoms with van der Waals surface area (Å²) in [4.78, 5) is 0. The lowest BCUT2D eigenvalue weighted by molar-refractivity contribution is 0.613. The van der Waals surface area contributed by atoms with Gasteiger partial charge in [-0.05, 0) is 58.7 Å². The normalized spacial score (nSPS) is 10.4. The van der Waals surface area contributed by atoms with E-state index in [2.05, 4.69) is 21.2 Å². The van der Waals surface area contributed by atoms with Crippen molar-refractivity contribution in [1.82, 2.24) is 0 Å². The first-order chi connectivity index (χ1) is 8.56. The van der Waals surface area contributed by atoms with Crippen LogP contribution in [-0.4, -0.2) is 0 Å². The minimum Gasteiger partial charge on any atom is -0.380 e. The zero-order valence-electron chi connectivity index (χ0n) is 9.81. The molecular weight excluding hydrogens is 317 g/mol. The average Bonchev–Trinajstić information content (AvgIpc) is 2.32. The molecule has 0 fully saturated rings. The van der Waals surface area contributed by atoms with Crippen LogP contribution in [-0.2, 0) is 6.54 Å². The number of rotatable bonds is 3. The number of hydrogen-bond donors (Lipinski definition) is 1. The molecule has 0 amide bonds. The second kappa shape index (κ2) is 5.72. The fourth-order valence-corrected chi connectivity index (χ4v) is 2.46. The van der Waals surface area contributed by atoms with E-state index in [1.165, 1.54) is 11.6 Å². The van der Waals surface area contributed by atoms with Crippen molar-refractivity contribution in [3.63, 3.8) is 0 Å². The van der Waals surface area contributed by atoms with Gasteiger partial charge >= 0.3 is 0 Å². The summed E-state index contributed by atoms with van der Waals surface area (Å²) in [5, 5.41) is 3.72. The van der Waals surface area contributed by atoms with Crippen LogP contribution in [0.25, 0.3) is 0 Å². The Bertz CT molecular complexity index is 572. The summed E-state index contributed by atoms with van der Waals surface area (Å²) in [6, 6.07) is 10.5. The molecule has 0 aliphatic rings. The standard InChI is InChI=1S/C14H12BrClFN/c1-9-2-5-14(12(15)6-9)18-8-10-7-11(16)3-4-13(10)17/h2-7,18H,8H2,1H3. The zero-order valence-corrected chi connectivity index (χ0v) is 12.1. The first kappa shape index (κ1) is 13.4. The summed E-state index contributed by atoms with van der Waals surface area (Å²) < 4.78 is 14.5. The van der Waals surface area contributed by atoms with Crippen molar-refractivity contribution < 1.29 is 4.39 Å². The van der Waals surface area contributed by atoms with Crippen LogP contribution in [0.3, 0.4) is 0 Å². The molecule has 4 heteroatoms. The van der Waals surface area contributed by atoms with Gasteiger partial charge in [0, 0.05) is 27.3 Å². The Morgan fingerprint density at radius 2 is 2.00 bits per heavy atom. The van der Waals surface area contributed by atoms with Crippen LogP contribution in [0.4, 0.5) is 10.1 Å². The molecule has 0 heterocycles. The predicted molar refractivity (Wildman–Crippen MR) is 77.6 cm³/mol. The molecule has 2 rings (SSSR count). The number of nitrogens with one attached hydrogen (secondary N) is 1. The van der Waals surface area contributed by atoms with Crippen LogP contribution in [0.15, 0.2) is 40.9 Å². The summed E-state index contributed by atoms with van der Waals surface area (Å²) in [5.74, 6) is -0.255. The van der Waals surface area contributed by atoms with Crippen molar-refractivity contribution in [1.29, 1.82) is 0 Å². The maximum absolute atomic E-state index is 13.5. The van der Waals surface area contributed by atoms with Gasteiger partial charge in [0.2, 0.25) is 0 Å². The van der Waals surface area contributed by atoms with Gasteiger partial charge < -0.3 is 5.32 Å². The fourth-order valence-electron chi connectivity index (χ4n) is 1.63. The summed E-state index contributed by atoms with van der Waals surface area (Å²) in [6.45, 7) is 2.42. The van der Waals surface area contributed by atoms with E-state index < -0.39 is 0 Å². The average molecular weight is 329 g/mol. The summed E-state index contributed by atoms with van der Waals surface area (Å²) in [7, 11) is 0. The Hall–Kier alpha value is -1.06. The lowest BCUT2D eigenvalue weighted by Gasteiger charge is -2.10. The molecule has 1 nitrogen and oxygen atoms in total. The molecule has 0 radical (unpaired) electrons. The summed E-state index contributed by atoms with van der Waals surface area (Å²) in [6.07, 6.45) is 0. The molecule has 0 spiro atoms. The molecule has 0 unspecified atom stereocenters. The maximum Gasteiger partial charge on any atom is 0.128 e. The van der Waals surface area contributed by atoms with Gasteiger partial charge in [0.05, 0.1) is 0 Å². The van der Waals surface area contributed by atoms with E-state index in [0.717, 1.165) is 10.2 Å². The Kier molecular flexibility index (Phi) is 4.25. The molecule has 2 aromatic carbocycles. The van der Waals surface area contributed by atoms with Crippen molar-refractivity contribution in [2.24, 2.45) is 0 Å². The third-order valence-electron chi connectivity index (χ3n) is 2.60. The van der Waals surface area contributed by atoms with Crippen molar-refractivity contribution >= 4 is 33.2 Å². The second-order valence-electron chi connectivity index (χ2n) is 4.07. The molecular formula is C14H12BrClFN. The SMILES string of the molecule is Cc1ccc(NCc2cc(Cl)ccc2F)c(Br)c1. The molecule has 2 aromatic rings. The van der Waals surface area contributed by atoms with Gasteiger partial charge in [-0.25, -0.2) is 4.39 Å². The van der Waals surface area contributed by atoms with Gasteiger partial charge in [-0.1, -0.05) is 17.7 Å². The molecule has 94 valence electrons. The molecule has 18 heavy (non-hydrogen) atoms. The van der Waals surface area contributed by atoms with E-state index in [-0.39, 0.29) is 5.82 Å². The molecule has 0 saturated carbocycles. The van der Waals surface area contributed by atoms with Crippen LogP contribution in [0.1, 0.15) is 11.1 Å². The van der Waals surface area contributed by atoms with Gasteiger partial charge in [-0.2, -0.15) is 0 Å². The predicted octanol–water partition coefficient (Wildman–Crippen LogP) is 5.16. The van der Waals surface area contributed by atoms with Crippen molar-refractivity contribution in [3.8, 4) is 0 Å². The van der Waals surface area contributed by atoms with Crippen LogP contribution in [0.2, 0.25) is 5.02 Å². The van der Waals surface area contributed by atoms with Crippen LogP contribution in [0, 0.1) is 12.7 Å². The highest BCUT2D eigenvalue weighted by Crippen LogP contribution is 2.24. The number of anilines is 1. The van der Waals surface area contributed by atoms with Gasteiger partial charge in [0.15, 0.2) is 0 Å². The van der Waals surface area contributed by atoms with Crippen LogP contribution >= 0.6 is 27.5 Å². The minimum atomic E-state index is -0.255. The lowest BCUT2D eigenvalue weighted by atomic mass is 10.2. The van der Waals surface area contributed by atoms with E-state index in [9.17, 15) is 4.39 Å². The van der Waals surface area contributed by atoms with E-state index in [1.807, 2.05) is 25.1 Å². The van der Waals surface area contributed by atoms with Gasteiger partial charge in [-0.15, -0.1) is 0 Å². The molecule has 0 saturated heterocycles. The molecule has 0 aromatic heterocycles. The first-order valence-corrected chi connectivity index (χ1v) is 6.67. The minimum absolute atomic E-state index is 0.255. The molecule has 0 atom stereocenters. The van der Waals surface area contributed by atoms with E-state index in [4.69, 9.17) is 11.6 Å². The topological polar surface area (TPSA) is 12.0 Å². The lowest BCUT2D eigenvalue weighted by Crippen LogP contribution is -2.02. The Labute approximate surface area is 119 Å². The summed E-state index contributed by atoms with van der Waals surface area (Å²) in [5.41, 5.74) is 2.65. The third kappa shape index (κ3) is 3.24. The van der Waals surface area contributed by atoms with Gasteiger partial charge in [0.1, 0.15) is 5.82 Å². The van der Waals surface area contributed by atoms with E-state index in [0.29, 0.717) is 17.1 Å². The molecule has 0 aliphatic heterocycles. The van der Waals surface area contributed by atoms with Gasteiger partial charge in [0.25, 0.3) is 0 Å². The van der Waals surface area contributed by atoms with Crippen LogP contribution in [0.5, 0.6) is 0 Å². The number of benzene rings is 2. The smallest absolute Gasteiger partial charge is 0.128 e. The highest BCUT2D eigenvalue weighted by atomic mass is 79.9. The number of aryl methyl sites for hydroxylation is 1. The highest BCUT2D eigenvalue weighted by molar-refractivity contribution is 9.10. The summed E-state index contributed by atoms with van der Waals surface area (Å²) >= 11 is 9.32. The van der Waals surface area contributed by atoms with Crippen molar-refractivity contribution in [2.45, 2.75) is 13.5 Å². The Balaban J connectivity index is 2.13. The number of hydrogen-bond acceptors (Lipinski definition) is 1. The Morgan fingerprint density at radius 1 is 1.22 bits per heavy atom. The fraction of sp³-hybridized carbons (Fsp3) is 0.143. The van der Waals surface area contributed by atoms with Crippen molar-refractivity contribution in [2.75, 3.05) is 5.32 Å². The molecule has 0 aliphatic carbocycles. The maximum atomic E-state index is 13.5. The van der Waals surface area contributed by atoms with Gasteiger partial charge in [-0.3, -0.25) is 0 Å². The largest absolute Gasteiger partial charge is 0.380 e. The van der Waals surface area contributed by atoms with E-state index in [1.54, 1.807) is 12.1 Å². The van der Waals surface area contributed by atoms with E-state index >= 15 is 0 Å². The first-order valence-electron chi connectivity index (χ1n) is 5.50. The highest BCUT2D eigenvalue weighted by Gasteiger charge is 2.04. The molecule has 0 bridgehead atoms. The quantitative estimate of drug-likeness (QED) is 0.820. The molecule has 1 N–H and O–H groups in total. The third-order valence-corrected chi connectivity index (χ3v) is 3.49. The monoisotopic (exact) mass is 327 g/mol. The number of halogens is 3. The Morgan fingerprint density at radius 3 is 2.72 bits per heavy atom.